The summed E-state index contributed by atoms with van der Waals surface area (Å²) in [5.41, 5.74) is 3.49. The predicted molar refractivity (Wildman–Crippen MR) is 107 cm³/mol. The number of nitrogens with zero attached hydrogens (tertiary/aromatic N) is 1. The van der Waals surface area contributed by atoms with Crippen LogP contribution in [0.15, 0.2) is 42.5 Å². The van der Waals surface area contributed by atoms with Crippen LogP contribution in [-0.4, -0.2) is 46.4 Å². The minimum absolute atomic E-state index is 0.208. The molecule has 0 aromatic heterocycles. The molecule has 2 atom stereocenters. The molecular formula is C21H21N3O6. The van der Waals surface area contributed by atoms with E-state index in [1.807, 2.05) is 24.3 Å². The highest BCUT2D eigenvalue weighted by atomic mass is 16.5. The van der Waals surface area contributed by atoms with Crippen LogP contribution in [0.3, 0.4) is 0 Å². The maximum Gasteiger partial charge on any atom is 0.404 e. The molecule has 0 saturated carbocycles. The number of carboxylic acid groups (broad SMARTS) is 1. The third-order valence-electron chi connectivity index (χ3n) is 5.28. The normalized spacial score (nSPS) is 22.9. The number of hydrogen-bond donors (Lipinski definition) is 4. The third-order valence-corrected chi connectivity index (χ3v) is 5.28. The van der Waals surface area contributed by atoms with Crippen LogP contribution in [0.2, 0.25) is 0 Å². The van der Waals surface area contributed by atoms with Gasteiger partial charge in [-0.2, -0.15) is 0 Å². The summed E-state index contributed by atoms with van der Waals surface area (Å²) < 4.78 is 5.87. The molecule has 1 unspecified atom stereocenters. The van der Waals surface area contributed by atoms with Crippen LogP contribution in [0, 0.1) is 0 Å². The van der Waals surface area contributed by atoms with Crippen molar-refractivity contribution in [3.05, 3.63) is 48.0 Å². The summed E-state index contributed by atoms with van der Waals surface area (Å²) in [5.74, 6) is -0.781. The Kier molecular flexibility index (Phi) is 4.83. The number of rotatable bonds is 4. The molecule has 2 aliphatic heterocycles. The molecule has 1 fully saturated rings. The van der Waals surface area contributed by atoms with Gasteiger partial charge in [0.25, 0.3) is 11.8 Å². The van der Waals surface area contributed by atoms with Gasteiger partial charge in [0.05, 0.1) is 12.2 Å². The molecule has 4 rings (SSSR count). The predicted octanol–water partition coefficient (Wildman–Crippen LogP) is 1.44. The SMILES string of the molecule is CC1(O)C(=O)NN(c2cccc(-c3ccc4c(c3)CC[C@@H](CNC(=O)O)O4)c2)C1=O. The smallest absolute Gasteiger partial charge is 0.404 e. The van der Waals surface area contributed by atoms with Crippen molar-refractivity contribution in [2.45, 2.75) is 31.5 Å². The van der Waals surface area contributed by atoms with Gasteiger partial charge in [-0.25, -0.2) is 9.80 Å². The number of amides is 3. The van der Waals surface area contributed by atoms with Crippen molar-refractivity contribution in [1.82, 2.24) is 10.7 Å². The lowest BCUT2D eigenvalue weighted by molar-refractivity contribution is -0.142. The van der Waals surface area contributed by atoms with Crippen molar-refractivity contribution in [2.24, 2.45) is 0 Å². The first kappa shape index (κ1) is 19.7. The number of carbonyl (C=O) groups is 3. The van der Waals surface area contributed by atoms with E-state index in [4.69, 9.17) is 9.84 Å². The van der Waals surface area contributed by atoms with Crippen molar-refractivity contribution >= 4 is 23.6 Å². The third kappa shape index (κ3) is 3.55. The Bertz CT molecular complexity index is 1040. The molecule has 9 nitrogen and oxygen atoms in total. The zero-order valence-electron chi connectivity index (χ0n) is 16.2. The molecule has 30 heavy (non-hydrogen) atoms. The van der Waals surface area contributed by atoms with Gasteiger partial charge in [-0.3, -0.25) is 15.0 Å². The van der Waals surface area contributed by atoms with Crippen LogP contribution >= 0.6 is 0 Å². The first-order chi connectivity index (χ1) is 14.3. The quantitative estimate of drug-likeness (QED) is 0.564. The molecule has 0 bridgehead atoms. The van der Waals surface area contributed by atoms with Gasteiger partial charge in [-0.05, 0) is 60.7 Å². The molecule has 2 aliphatic rings. The number of nitrogens with one attached hydrogen (secondary N) is 2. The fourth-order valence-corrected chi connectivity index (χ4v) is 3.55. The highest BCUT2D eigenvalue weighted by Gasteiger charge is 2.50. The maximum absolute atomic E-state index is 12.3. The molecule has 2 aromatic rings. The average molecular weight is 411 g/mol. The summed E-state index contributed by atoms with van der Waals surface area (Å²) in [7, 11) is 0. The minimum Gasteiger partial charge on any atom is -0.488 e. The van der Waals surface area contributed by atoms with Crippen LogP contribution in [0.5, 0.6) is 5.75 Å². The monoisotopic (exact) mass is 411 g/mol. The Balaban J connectivity index is 1.55. The Morgan fingerprint density at radius 2 is 2.03 bits per heavy atom. The van der Waals surface area contributed by atoms with Crippen molar-refractivity contribution in [3.63, 3.8) is 0 Å². The first-order valence-corrected chi connectivity index (χ1v) is 9.50. The van der Waals surface area contributed by atoms with E-state index in [-0.39, 0.29) is 12.6 Å². The highest BCUT2D eigenvalue weighted by molar-refractivity contribution is 6.20. The zero-order valence-corrected chi connectivity index (χ0v) is 16.2. The largest absolute Gasteiger partial charge is 0.488 e. The number of benzene rings is 2. The van der Waals surface area contributed by atoms with E-state index in [2.05, 4.69) is 10.7 Å². The lowest BCUT2D eigenvalue weighted by Crippen LogP contribution is -2.40. The summed E-state index contributed by atoms with van der Waals surface area (Å²) in [4.78, 5) is 34.8. The van der Waals surface area contributed by atoms with E-state index >= 15 is 0 Å². The second-order valence-electron chi connectivity index (χ2n) is 7.49. The molecule has 0 spiro atoms. The van der Waals surface area contributed by atoms with Crippen LogP contribution in [0.4, 0.5) is 10.5 Å². The minimum atomic E-state index is -2.09. The fourth-order valence-electron chi connectivity index (χ4n) is 3.55. The van der Waals surface area contributed by atoms with Crippen molar-refractivity contribution < 1.29 is 29.3 Å². The van der Waals surface area contributed by atoms with Crippen molar-refractivity contribution in [3.8, 4) is 16.9 Å². The summed E-state index contributed by atoms with van der Waals surface area (Å²) in [6.45, 7) is 1.40. The van der Waals surface area contributed by atoms with Gasteiger partial charge in [0.15, 0.2) is 0 Å². The Morgan fingerprint density at radius 1 is 1.27 bits per heavy atom. The average Bonchev–Trinajstić information content (AvgIpc) is 2.94. The molecule has 3 amide bonds. The highest BCUT2D eigenvalue weighted by Crippen LogP contribution is 2.33. The van der Waals surface area contributed by atoms with E-state index in [0.717, 1.165) is 40.8 Å². The number of aliphatic hydroxyl groups is 1. The van der Waals surface area contributed by atoms with Gasteiger partial charge >= 0.3 is 6.09 Å². The standard InChI is InChI=1S/C21H21N3O6/c1-21(29)18(25)23-24(19(21)26)15-4-2-3-12(10-15)13-6-8-17-14(9-13)5-7-16(30-17)11-22-20(27)28/h2-4,6,8-10,16,22,29H,5,7,11H2,1H3,(H,23,25)(H,27,28)/t16-,21?/m0/s1. The number of ether oxygens (including phenoxy) is 1. The summed E-state index contributed by atoms with van der Waals surface area (Å²) >= 11 is 0. The number of anilines is 1. The first-order valence-electron chi connectivity index (χ1n) is 9.50. The summed E-state index contributed by atoms with van der Waals surface area (Å²) in [6, 6.07) is 12.8. The molecular weight excluding hydrogens is 390 g/mol. The van der Waals surface area contributed by atoms with Crippen LogP contribution in [-0.2, 0) is 16.0 Å². The van der Waals surface area contributed by atoms with E-state index in [9.17, 15) is 19.5 Å². The molecule has 9 heteroatoms. The van der Waals surface area contributed by atoms with Gasteiger partial charge in [-0.15, -0.1) is 0 Å². The van der Waals surface area contributed by atoms with Gasteiger partial charge in [0, 0.05) is 0 Å². The molecule has 1 saturated heterocycles. The van der Waals surface area contributed by atoms with E-state index in [0.29, 0.717) is 12.1 Å². The van der Waals surface area contributed by atoms with Gasteiger partial charge < -0.3 is 20.3 Å². The number of hydrazine groups is 1. The zero-order chi connectivity index (χ0) is 21.5. The number of aryl methyl sites for hydroxylation is 1. The summed E-state index contributed by atoms with van der Waals surface area (Å²) in [6.07, 6.45) is 0.160. The number of fused-ring (bicyclic) bond motifs is 1. The van der Waals surface area contributed by atoms with E-state index < -0.39 is 23.5 Å². The lowest BCUT2D eigenvalue weighted by atomic mass is 9.96. The molecule has 0 aliphatic carbocycles. The second kappa shape index (κ2) is 7.34. The molecule has 2 heterocycles. The van der Waals surface area contributed by atoms with Crippen molar-refractivity contribution in [1.29, 1.82) is 0 Å². The van der Waals surface area contributed by atoms with E-state index in [1.54, 1.807) is 18.2 Å². The maximum atomic E-state index is 12.3. The Hall–Kier alpha value is -3.59. The van der Waals surface area contributed by atoms with Gasteiger partial charge in [-0.1, -0.05) is 18.2 Å². The summed E-state index contributed by atoms with van der Waals surface area (Å²) in [5, 5.41) is 22.1. The van der Waals surface area contributed by atoms with Gasteiger partial charge in [0.1, 0.15) is 11.9 Å². The molecule has 2 aromatic carbocycles. The molecule has 4 N–H and O–H groups in total. The second-order valence-corrected chi connectivity index (χ2v) is 7.49. The van der Waals surface area contributed by atoms with Crippen LogP contribution < -0.4 is 20.5 Å². The molecule has 156 valence electrons. The fraction of sp³-hybridized carbons (Fsp3) is 0.286. The number of carbonyl (C=O) groups excluding carboxylic acids is 2. The van der Waals surface area contributed by atoms with Crippen molar-refractivity contribution in [2.75, 3.05) is 11.6 Å². The Morgan fingerprint density at radius 3 is 2.73 bits per heavy atom. The van der Waals surface area contributed by atoms with Gasteiger partial charge in [0.2, 0.25) is 5.60 Å². The topological polar surface area (TPSA) is 128 Å². The van der Waals surface area contributed by atoms with Crippen LogP contribution in [0.1, 0.15) is 18.9 Å². The van der Waals surface area contributed by atoms with E-state index in [1.165, 1.54) is 0 Å². The number of hydrogen-bond acceptors (Lipinski definition) is 5. The van der Waals surface area contributed by atoms with Crippen LogP contribution in [0.25, 0.3) is 11.1 Å². The molecule has 0 radical (unpaired) electrons. The lowest BCUT2D eigenvalue weighted by Gasteiger charge is -2.26. The Labute approximate surface area is 172 Å².